The number of nitrogens with zero attached hydrogens (tertiary/aromatic N) is 7. The number of rotatable bonds is 5. The highest BCUT2D eigenvalue weighted by Gasteiger charge is 2.29. The van der Waals surface area contributed by atoms with Crippen LogP contribution in [0.25, 0.3) is 5.82 Å². The number of aromatic nitrogens is 4. The average molecular weight is 458 g/mol. The number of hydrogen-bond donors (Lipinski definition) is 0. The van der Waals surface area contributed by atoms with Crippen LogP contribution in [-0.2, 0) is 10.0 Å². The van der Waals surface area contributed by atoms with Crippen LogP contribution >= 0.6 is 0 Å². The van der Waals surface area contributed by atoms with E-state index in [2.05, 4.69) is 15.1 Å². The van der Waals surface area contributed by atoms with Gasteiger partial charge in [-0.15, -0.1) is 0 Å². The molecule has 32 heavy (non-hydrogen) atoms. The number of anilines is 1. The van der Waals surface area contributed by atoms with E-state index in [-0.39, 0.29) is 23.7 Å². The van der Waals surface area contributed by atoms with Gasteiger partial charge in [-0.05, 0) is 39.0 Å². The fraction of sp³-hybridized carbons (Fsp3) is 0.350. The summed E-state index contributed by atoms with van der Waals surface area (Å²) < 4.78 is 29.0. The molecule has 0 amide bonds. The van der Waals surface area contributed by atoms with E-state index in [1.54, 1.807) is 4.68 Å². The zero-order valence-corrected chi connectivity index (χ0v) is 18.8. The van der Waals surface area contributed by atoms with Crippen LogP contribution in [0.15, 0.2) is 41.3 Å². The lowest BCUT2D eigenvalue weighted by molar-refractivity contribution is -0.384. The Labute approximate surface area is 185 Å². The molecule has 0 bridgehead atoms. The van der Waals surface area contributed by atoms with Crippen LogP contribution in [0.5, 0.6) is 0 Å². The molecule has 0 N–H and O–H groups in total. The number of piperazine rings is 1. The molecule has 1 aromatic carbocycles. The second-order valence-corrected chi connectivity index (χ2v) is 9.55. The molecule has 0 saturated carbocycles. The minimum atomic E-state index is -3.74. The molecule has 1 aliphatic rings. The van der Waals surface area contributed by atoms with E-state index in [0.717, 1.165) is 11.4 Å². The van der Waals surface area contributed by atoms with Crippen LogP contribution in [0.2, 0.25) is 0 Å². The monoisotopic (exact) mass is 457 g/mol. The van der Waals surface area contributed by atoms with Crippen molar-refractivity contribution in [2.45, 2.75) is 25.7 Å². The number of benzene rings is 1. The topological polar surface area (TPSA) is 127 Å². The molecular weight excluding hydrogens is 434 g/mol. The van der Waals surface area contributed by atoms with Gasteiger partial charge in [-0.25, -0.2) is 23.1 Å². The highest BCUT2D eigenvalue weighted by atomic mass is 32.2. The molecule has 1 fully saturated rings. The Kier molecular flexibility index (Phi) is 5.65. The van der Waals surface area contributed by atoms with Gasteiger partial charge in [0.25, 0.3) is 5.69 Å². The van der Waals surface area contributed by atoms with Crippen LogP contribution in [0.1, 0.15) is 17.2 Å². The third kappa shape index (κ3) is 4.18. The Bertz CT molecular complexity index is 1260. The molecule has 3 aromatic rings. The van der Waals surface area contributed by atoms with Gasteiger partial charge in [0.2, 0.25) is 10.0 Å². The molecule has 2 aromatic heterocycles. The van der Waals surface area contributed by atoms with Crippen LogP contribution < -0.4 is 4.90 Å². The lowest BCUT2D eigenvalue weighted by atomic mass is 10.3. The number of hydrogen-bond acceptors (Lipinski definition) is 8. The number of nitro groups is 1. The Morgan fingerprint density at radius 2 is 1.56 bits per heavy atom. The van der Waals surface area contributed by atoms with E-state index in [0.29, 0.717) is 30.5 Å². The predicted octanol–water partition coefficient (Wildman–Crippen LogP) is 2.01. The smallest absolute Gasteiger partial charge is 0.269 e. The molecule has 0 atom stereocenters. The van der Waals surface area contributed by atoms with Gasteiger partial charge in [0, 0.05) is 50.1 Å². The maximum absolute atomic E-state index is 12.9. The third-order valence-electron chi connectivity index (χ3n) is 5.29. The van der Waals surface area contributed by atoms with Crippen molar-refractivity contribution in [1.29, 1.82) is 0 Å². The van der Waals surface area contributed by atoms with Gasteiger partial charge < -0.3 is 4.90 Å². The maximum atomic E-state index is 12.9. The molecule has 1 saturated heterocycles. The van der Waals surface area contributed by atoms with Gasteiger partial charge >= 0.3 is 0 Å². The highest BCUT2D eigenvalue weighted by molar-refractivity contribution is 7.89. The standard InChI is InChI=1S/C20H23N7O4S/c1-14-12-15(2)26(23-14)20-13-19(21-16(3)22-20)24-8-10-25(11-9-24)32(30,31)18-6-4-17(5-7-18)27(28)29/h4-7,12-13H,8-11H2,1-3H3. The predicted molar refractivity (Wildman–Crippen MR) is 117 cm³/mol. The Balaban J connectivity index is 1.51. The van der Waals surface area contributed by atoms with Crippen molar-refractivity contribution in [2.75, 3.05) is 31.1 Å². The zero-order chi connectivity index (χ0) is 23.0. The molecule has 11 nitrogen and oxygen atoms in total. The molecule has 0 spiro atoms. The molecular formula is C20H23N7O4S. The Morgan fingerprint density at radius 1 is 0.938 bits per heavy atom. The largest absolute Gasteiger partial charge is 0.354 e. The van der Waals surface area contributed by atoms with Gasteiger partial charge in [0.05, 0.1) is 15.5 Å². The first kappa shape index (κ1) is 21.8. The minimum absolute atomic E-state index is 0.0428. The summed E-state index contributed by atoms with van der Waals surface area (Å²) in [5.41, 5.74) is 1.71. The van der Waals surface area contributed by atoms with E-state index < -0.39 is 14.9 Å². The van der Waals surface area contributed by atoms with Crippen molar-refractivity contribution in [2.24, 2.45) is 0 Å². The van der Waals surface area contributed by atoms with Crippen LogP contribution in [0, 0.1) is 30.9 Å². The minimum Gasteiger partial charge on any atom is -0.354 e. The quantitative estimate of drug-likeness (QED) is 0.420. The fourth-order valence-corrected chi connectivity index (χ4v) is 5.14. The summed E-state index contributed by atoms with van der Waals surface area (Å²) in [6.45, 7) is 7.16. The number of non-ortho nitro benzene ring substituents is 1. The first-order chi connectivity index (χ1) is 15.1. The highest BCUT2D eigenvalue weighted by Crippen LogP contribution is 2.23. The van der Waals surface area contributed by atoms with Crippen molar-refractivity contribution >= 4 is 21.5 Å². The average Bonchev–Trinajstić information content (AvgIpc) is 3.11. The van der Waals surface area contributed by atoms with E-state index in [9.17, 15) is 18.5 Å². The summed E-state index contributed by atoms with van der Waals surface area (Å²) >= 11 is 0. The van der Waals surface area contributed by atoms with Gasteiger partial charge in [-0.3, -0.25) is 10.1 Å². The first-order valence-electron chi connectivity index (χ1n) is 10.0. The molecule has 12 heteroatoms. The van der Waals surface area contributed by atoms with E-state index >= 15 is 0 Å². The number of sulfonamides is 1. The first-order valence-corrected chi connectivity index (χ1v) is 11.5. The maximum Gasteiger partial charge on any atom is 0.269 e. The van der Waals surface area contributed by atoms with Gasteiger partial charge in [0.1, 0.15) is 11.6 Å². The van der Waals surface area contributed by atoms with E-state index in [4.69, 9.17) is 0 Å². The van der Waals surface area contributed by atoms with Crippen molar-refractivity contribution in [3.05, 3.63) is 63.7 Å². The second-order valence-electron chi connectivity index (χ2n) is 7.61. The second kappa shape index (κ2) is 8.28. The third-order valence-corrected chi connectivity index (χ3v) is 7.20. The van der Waals surface area contributed by atoms with Gasteiger partial charge in [-0.2, -0.15) is 9.40 Å². The van der Waals surface area contributed by atoms with Crippen LogP contribution in [0.3, 0.4) is 0 Å². The SMILES string of the molecule is Cc1cc(C)n(-c2cc(N3CCN(S(=O)(=O)c4ccc([N+](=O)[O-])cc4)CC3)nc(C)n2)n1. The zero-order valence-electron chi connectivity index (χ0n) is 18.0. The lowest BCUT2D eigenvalue weighted by Gasteiger charge is -2.34. The van der Waals surface area contributed by atoms with Crippen molar-refractivity contribution in [3.63, 3.8) is 0 Å². The van der Waals surface area contributed by atoms with E-state index in [1.165, 1.54) is 28.6 Å². The summed E-state index contributed by atoms with van der Waals surface area (Å²) in [6, 6.07) is 8.77. The van der Waals surface area contributed by atoms with Crippen LogP contribution in [-0.4, -0.2) is 63.6 Å². The van der Waals surface area contributed by atoms with E-state index in [1.807, 2.05) is 37.8 Å². The van der Waals surface area contributed by atoms with Crippen molar-refractivity contribution in [3.8, 4) is 5.82 Å². The fourth-order valence-electron chi connectivity index (χ4n) is 3.71. The van der Waals surface area contributed by atoms with Crippen LogP contribution in [0.4, 0.5) is 11.5 Å². The summed E-state index contributed by atoms with van der Waals surface area (Å²) in [4.78, 5) is 21.4. The molecule has 1 aliphatic heterocycles. The molecule has 168 valence electrons. The summed E-state index contributed by atoms with van der Waals surface area (Å²) in [5.74, 6) is 1.98. The molecule has 4 rings (SSSR count). The Hall–Kier alpha value is -3.38. The number of aryl methyl sites for hydroxylation is 3. The molecule has 0 aliphatic carbocycles. The Morgan fingerprint density at radius 3 is 2.12 bits per heavy atom. The molecule has 3 heterocycles. The number of nitro benzene ring substituents is 1. The van der Waals surface area contributed by atoms with Gasteiger partial charge in [0.15, 0.2) is 5.82 Å². The summed E-state index contributed by atoms with van der Waals surface area (Å²) in [5, 5.41) is 15.3. The molecule has 0 radical (unpaired) electrons. The van der Waals surface area contributed by atoms with Gasteiger partial charge in [-0.1, -0.05) is 0 Å². The van der Waals surface area contributed by atoms with Crippen molar-refractivity contribution < 1.29 is 13.3 Å². The van der Waals surface area contributed by atoms with Crippen molar-refractivity contribution in [1.82, 2.24) is 24.1 Å². The normalized spacial score (nSPS) is 15.2. The molecule has 0 unspecified atom stereocenters. The summed E-state index contributed by atoms with van der Waals surface area (Å²) in [6.07, 6.45) is 0. The lowest BCUT2D eigenvalue weighted by Crippen LogP contribution is -2.49. The summed E-state index contributed by atoms with van der Waals surface area (Å²) in [7, 11) is -3.74.